The molecule has 0 saturated heterocycles. The maximum atomic E-state index is 13.8. The lowest BCUT2D eigenvalue weighted by Gasteiger charge is -2.09. The van der Waals surface area contributed by atoms with Gasteiger partial charge in [-0.15, -0.1) is 5.28 Å². The zero-order valence-electron chi connectivity index (χ0n) is 10.5. The minimum absolute atomic E-state index is 0.111. The molecule has 0 atom stereocenters. The average molecular weight is 272 g/mol. The van der Waals surface area contributed by atoms with Crippen molar-refractivity contribution in [3.05, 3.63) is 54.0 Å². The molecule has 0 bridgehead atoms. The predicted octanol–water partition coefficient (Wildman–Crippen LogP) is 2.60. The van der Waals surface area contributed by atoms with Gasteiger partial charge in [0.05, 0.1) is 0 Å². The van der Waals surface area contributed by atoms with Gasteiger partial charge < -0.3 is 19.8 Å². The molecule has 0 spiro atoms. The van der Waals surface area contributed by atoms with E-state index in [9.17, 15) is 9.41 Å². The second-order valence-corrected chi connectivity index (χ2v) is 4.47. The standard InChI is InChI=1S/C14H12BFNO3/c16-13-5-9(7-17)1-4-14(13)20-11-3-2-10-8-19-15(18)12(10)6-11/h1-6,8,18H,7,17H2/q-1. The van der Waals surface area contributed by atoms with Gasteiger partial charge in [-0.25, -0.2) is 4.39 Å². The van der Waals surface area contributed by atoms with Crippen molar-refractivity contribution in [2.24, 2.45) is 5.73 Å². The van der Waals surface area contributed by atoms with Gasteiger partial charge in [-0.2, -0.15) is 0 Å². The Bertz CT molecular complexity index is 772. The van der Waals surface area contributed by atoms with Crippen LogP contribution in [-0.2, 0) is 6.54 Å². The smallest absolute Gasteiger partial charge is 0.266 e. The minimum Gasteiger partial charge on any atom is -0.735 e. The molecule has 0 aliphatic rings. The zero-order chi connectivity index (χ0) is 14.1. The Morgan fingerprint density at radius 3 is 2.85 bits per heavy atom. The molecule has 4 nitrogen and oxygen atoms in total. The summed E-state index contributed by atoms with van der Waals surface area (Å²) in [7, 11) is 0. The molecule has 2 aromatic carbocycles. The topological polar surface area (TPSA) is 68.6 Å². The van der Waals surface area contributed by atoms with Crippen LogP contribution < -0.4 is 10.5 Å². The first-order chi connectivity index (χ1) is 9.67. The molecular formula is C14H12BFNO3-. The Morgan fingerprint density at radius 2 is 2.10 bits per heavy atom. The Morgan fingerprint density at radius 1 is 1.25 bits per heavy atom. The van der Waals surface area contributed by atoms with Crippen LogP contribution >= 0.6 is 0 Å². The number of hydrogen-bond acceptors (Lipinski definition) is 4. The van der Waals surface area contributed by atoms with Gasteiger partial charge in [0, 0.05) is 12.8 Å². The Labute approximate surface area is 114 Å². The van der Waals surface area contributed by atoms with Gasteiger partial charge in [0.15, 0.2) is 11.6 Å². The van der Waals surface area contributed by atoms with E-state index in [4.69, 9.17) is 14.8 Å². The largest absolute Gasteiger partial charge is 0.735 e. The molecule has 3 aromatic rings. The second-order valence-electron chi connectivity index (χ2n) is 4.47. The highest BCUT2D eigenvalue weighted by molar-refractivity contribution is 6.51. The highest BCUT2D eigenvalue weighted by atomic mass is 19.1. The molecule has 0 radical (unpaired) electrons. The fraction of sp³-hybridized carbons (Fsp3) is 0.0714. The van der Waals surface area contributed by atoms with Crippen molar-refractivity contribution in [3.63, 3.8) is 0 Å². The van der Waals surface area contributed by atoms with Crippen molar-refractivity contribution in [3.8, 4) is 11.5 Å². The number of fused-ring (bicyclic) bond motifs is 1. The van der Waals surface area contributed by atoms with E-state index in [0.29, 0.717) is 16.6 Å². The molecule has 20 heavy (non-hydrogen) atoms. The van der Waals surface area contributed by atoms with Crippen molar-refractivity contribution in [1.82, 2.24) is 0 Å². The average Bonchev–Trinajstić information content (AvgIpc) is 2.82. The summed E-state index contributed by atoms with van der Waals surface area (Å²) >= 11 is 0. The number of ether oxygens (including phenoxy) is 1. The summed E-state index contributed by atoms with van der Waals surface area (Å²) in [5.41, 5.74) is 6.14. The number of rotatable bonds is 3. The molecule has 0 amide bonds. The van der Waals surface area contributed by atoms with E-state index < -0.39 is 12.6 Å². The third-order valence-corrected chi connectivity index (χ3v) is 3.11. The van der Waals surface area contributed by atoms with Crippen LogP contribution in [0.4, 0.5) is 4.39 Å². The Kier molecular flexibility index (Phi) is 3.16. The van der Waals surface area contributed by atoms with E-state index in [1.807, 2.05) is 0 Å². The Hall–Kier alpha value is -2.34. The summed E-state index contributed by atoms with van der Waals surface area (Å²) in [4.78, 5) is 0. The van der Waals surface area contributed by atoms with Crippen LogP contribution in [0.3, 0.4) is 0 Å². The molecule has 0 fully saturated rings. The van der Waals surface area contributed by atoms with Crippen molar-refractivity contribution in [1.29, 1.82) is 0 Å². The van der Waals surface area contributed by atoms with E-state index in [2.05, 4.69) is 0 Å². The third-order valence-electron chi connectivity index (χ3n) is 3.11. The van der Waals surface area contributed by atoms with E-state index in [1.54, 1.807) is 24.3 Å². The number of benzene rings is 2. The molecule has 3 N–H and O–H groups in total. The van der Waals surface area contributed by atoms with Gasteiger partial charge >= 0.3 is 0 Å². The first kappa shape index (κ1) is 12.7. The first-order valence-electron chi connectivity index (χ1n) is 6.14. The molecule has 0 aliphatic heterocycles. The van der Waals surface area contributed by atoms with Gasteiger partial charge in [-0.05, 0) is 35.2 Å². The van der Waals surface area contributed by atoms with E-state index in [-0.39, 0.29) is 12.3 Å². The van der Waals surface area contributed by atoms with Gasteiger partial charge in [0.1, 0.15) is 5.75 Å². The van der Waals surface area contributed by atoms with Crippen LogP contribution in [0.25, 0.3) is 10.7 Å². The summed E-state index contributed by atoms with van der Waals surface area (Å²) in [6.45, 7) is -0.729. The maximum absolute atomic E-state index is 13.8. The predicted molar refractivity (Wildman–Crippen MR) is 74.1 cm³/mol. The monoisotopic (exact) mass is 272 g/mol. The van der Waals surface area contributed by atoms with Crippen molar-refractivity contribution in [2.45, 2.75) is 6.54 Å². The summed E-state index contributed by atoms with van der Waals surface area (Å²) in [5, 5.41) is 11.0. The van der Waals surface area contributed by atoms with E-state index in [0.717, 1.165) is 5.39 Å². The van der Waals surface area contributed by atoms with E-state index >= 15 is 0 Å². The van der Waals surface area contributed by atoms with Crippen LogP contribution in [0.15, 0.2) is 47.0 Å². The van der Waals surface area contributed by atoms with Gasteiger partial charge in [-0.3, -0.25) is 0 Å². The maximum Gasteiger partial charge on any atom is 0.266 e. The molecule has 102 valence electrons. The molecule has 6 heteroatoms. The minimum atomic E-state index is -1.00. The van der Waals surface area contributed by atoms with Gasteiger partial charge in [0.2, 0.25) is 0 Å². The normalized spacial score (nSPS) is 10.9. The fourth-order valence-corrected chi connectivity index (χ4v) is 2.03. The molecular weight excluding hydrogens is 260 g/mol. The van der Waals surface area contributed by atoms with Crippen LogP contribution in [-0.4, -0.2) is 11.8 Å². The molecule has 0 unspecified atom stereocenters. The quantitative estimate of drug-likeness (QED) is 0.768. The Balaban J connectivity index is 1.94. The molecule has 0 aliphatic carbocycles. The lowest BCUT2D eigenvalue weighted by Crippen LogP contribution is -1.97. The lowest BCUT2D eigenvalue weighted by atomic mass is 9.96. The van der Waals surface area contributed by atoms with Gasteiger partial charge in [0.25, 0.3) is 6.76 Å². The van der Waals surface area contributed by atoms with E-state index in [1.165, 1.54) is 18.4 Å². The summed E-state index contributed by atoms with van der Waals surface area (Å²) in [5.74, 6) is 0.0671. The third kappa shape index (κ3) is 2.25. The number of halogens is 1. The van der Waals surface area contributed by atoms with Crippen LogP contribution in [0, 0.1) is 5.82 Å². The second kappa shape index (κ2) is 4.98. The summed E-state index contributed by atoms with van der Waals surface area (Å²) in [6, 6.07) is 9.63. The van der Waals surface area contributed by atoms with Gasteiger partial charge in [-0.1, -0.05) is 12.1 Å². The molecule has 1 heterocycles. The molecule has 0 saturated carbocycles. The molecule has 1 aromatic heterocycles. The van der Waals surface area contributed by atoms with Crippen LogP contribution in [0.5, 0.6) is 11.5 Å². The van der Waals surface area contributed by atoms with Crippen molar-refractivity contribution in [2.75, 3.05) is 0 Å². The molecule has 3 rings (SSSR count). The highest BCUT2D eigenvalue weighted by Gasteiger charge is 2.06. The van der Waals surface area contributed by atoms with Crippen LogP contribution in [0.2, 0.25) is 0 Å². The SMILES string of the molecule is NCc1ccc(Oc2ccc3co[b-](O)c3c2)c(F)c1. The fourth-order valence-electron chi connectivity index (χ4n) is 2.03. The van der Waals surface area contributed by atoms with Crippen molar-refractivity contribution >= 4 is 17.4 Å². The number of hydrogen-bond donors (Lipinski definition) is 2. The highest BCUT2D eigenvalue weighted by Crippen LogP contribution is 2.28. The summed E-state index contributed by atoms with van der Waals surface area (Å²) < 4.78 is 24.3. The summed E-state index contributed by atoms with van der Waals surface area (Å²) in [6.07, 6.45) is 1.47. The number of nitrogens with two attached hydrogens (primary N) is 1. The zero-order valence-corrected chi connectivity index (χ0v) is 10.5. The van der Waals surface area contributed by atoms with Crippen molar-refractivity contribution < 1.29 is 18.5 Å². The van der Waals surface area contributed by atoms with Crippen LogP contribution in [0.1, 0.15) is 5.56 Å². The lowest BCUT2D eigenvalue weighted by molar-refractivity contribution is 0.442. The first-order valence-corrected chi connectivity index (χ1v) is 6.14.